The van der Waals surface area contributed by atoms with Gasteiger partial charge >= 0.3 is 0 Å². The topological polar surface area (TPSA) is 119 Å². The first-order chi connectivity index (χ1) is 14.5. The average molecular weight is 486 g/mol. The molecule has 3 N–H and O–H groups in total. The van der Waals surface area contributed by atoms with E-state index in [1.807, 2.05) is 33.9 Å². The number of nitrogens with zero attached hydrogens (tertiary/aromatic N) is 5. The summed E-state index contributed by atoms with van der Waals surface area (Å²) in [6.45, 7) is 7.63. The van der Waals surface area contributed by atoms with Crippen molar-refractivity contribution in [1.29, 1.82) is 5.26 Å². The Morgan fingerprint density at radius 1 is 1.00 bits per heavy atom. The quantitative estimate of drug-likeness (QED) is 0.223. The molecule has 0 fully saturated rings. The third kappa shape index (κ3) is 7.28. The fourth-order valence-corrected chi connectivity index (χ4v) is 2.88. The summed E-state index contributed by atoms with van der Waals surface area (Å²) in [5, 5.41) is 18.5. The van der Waals surface area contributed by atoms with Crippen LogP contribution in [0.3, 0.4) is 0 Å². The van der Waals surface area contributed by atoms with Crippen molar-refractivity contribution in [2.24, 2.45) is 0 Å². The van der Waals surface area contributed by atoms with E-state index in [-0.39, 0.29) is 29.9 Å². The van der Waals surface area contributed by atoms with E-state index in [0.29, 0.717) is 5.56 Å². The average Bonchev–Trinajstić information content (AvgIpc) is 2.66. The van der Waals surface area contributed by atoms with Crippen LogP contribution in [0.25, 0.3) is 0 Å². The highest BCUT2D eigenvalue weighted by Crippen LogP contribution is 2.34. The molecule has 0 radical (unpaired) electrons. The molecule has 0 aliphatic heterocycles. The lowest BCUT2D eigenvalue weighted by Crippen LogP contribution is -2.54. The molecule has 0 saturated carbocycles. The zero-order valence-electron chi connectivity index (χ0n) is 17.4. The summed E-state index contributed by atoms with van der Waals surface area (Å²) < 4.78 is -2.08. The monoisotopic (exact) mass is 484 g/mol. The minimum absolute atomic E-state index is 0.0134. The number of hydrogen-bond donors (Lipinski definition) is 3. The Morgan fingerprint density at radius 3 is 1.94 bits per heavy atom. The summed E-state index contributed by atoms with van der Waals surface area (Å²) in [4.78, 5) is 26.4. The summed E-state index contributed by atoms with van der Waals surface area (Å²) in [6.07, 6.45) is 0.508. The van der Waals surface area contributed by atoms with Crippen LogP contribution in [-0.4, -0.2) is 42.9 Å². The maximum absolute atomic E-state index is 12.7. The number of alkyl halides is 3. The number of halogens is 3. The number of amides is 1. The van der Waals surface area contributed by atoms with Crippen molar-refractivity contribution in [3.8, 4) is 6.19 Å². The molecular weight excluding hydrogens is 463 g/mol. The van der Waals surface area contributed by atoms with Gasteiger partial charge in [0.05, 0.1) is 0 Å². The van der Waals surface area contributed by atoms with Crippen LogP contribution in [0.5, 0.6) is 0 Å². The number of nitriles is 1. The van der Waals surface area contributed by atoms with Crippen LogP contribution in [0.4, 0.5) is 17.8 Å². The number of carbonyl (C=O) groups is 1. The highest BCUT2D eigenvalue weighted by Gasteiger charge is 2.41. The van der Waals surface area contributed by atoms with Gasteiger partial charge < -0.3 is 16.0 Å². The molecule has 1 aromatic carbocycles. The molecule has 0 saturated heterocycles. The Hall–Kier alpha value is -2.54. The molecule has 1 atom stereocenters. The van der Waals surface area contributed by atoms with E-state index in [4.69, 9.17) is 34.8 Å². The first-order valence-electron chi connectivity index (χ1n) is 9.42. The Morgan fingerprint density at radius 2 is 1.52 bits per heavy atom. The molecule has 1 amide bonds. The van der Waals surface area contributed by atoms with E-state index in [0.717, 1.165) is 4.90 Å². The maximum atomic E-state index is 12.7. The molecular formula is C19H23Cl3N8O. The number of carbonyl (C=O) groups excluding carboxylic acids is 1. The second-order valence-electron chi connectivity index (χ2n) is 7.13. The van der Waals surface area contributed by atoms with Crippen molar-refractivity contribution in [3.05, 3.63) is 35.9 Å². The third-order valence-electron chi connectivity index (χ3n) is 3.65. The minimum Gasteiger partial charge on any atom is -0.352 e. The fourth-order valence-electron chi connectivity index (χ4n) is 2.43. The van der Waals surface area contributed by atoms with Crippen LogP contribution in [0.2, 0.25) is 0 Å². The zero-order valence-corrected chi connectivity index (χ0v) is 19.7. The van der Waals surface area contributed by atoms with E-state index in [1.54, 1.807) is 30.3 Å². The van der Waals surface area contributed by atoms with Gasteiger partial charge in [-0.05, 0) is 39.8 Å². The number of benzene rings is 1. The number of nitrogens with one attached hydrogen (secondary N) is 3. The number of aromatic nitrogens is 3. The van der Waals surface area contributed by atoms with Crippen LogP contribution >= 0.6 is 34.8 Å². The molecule has 0 aliphatic rings. The molecule has 0 bridgehead atoms. The van der Waals surface area contributed by atoms with Crippen molar-refractivity contribution in [3.63, 3.8) is 0 Å². The lowest BCUT2D eigenvalue weighted by atomic mass is 10.2. The van der Waals surface area contributed by atoms with E-state index < -0.39 is 15.9 Å². The van der Waals surface area contributed by atoms with E-state index in [9.17, 15) is 10.1 Å². The Bertz CT molecular complexity index is 900. The minimum atomic E-state index is -2.08. The van der Waals surface area contributed by atoms with E-state index in [2.05, 4.69) is 30.9 Å². The predicted molar refractivity (Wildman–Crippen MR) is 123 cm³/mol. The van der Waals surface area contributed by atoms with Gasteiger partial charge in [-0.2, -0.15) is 20.2 Å². The molecule has 2 rings (SSSR count). The van der Waals surface area contributed by atoms with Crippen molar-refractivity contribution >= 4 is 58.6 Å². The second kappa shape index (κ2) is 10.7. The van der Waals surface area contributed by atoms with Gasteiger partial charge in [-0.15, -0.1) is 0 Å². The first kappa shape index (κ1) is 24.7. The van der Waals surface area contributed by atoms with E-state index >= 15 is 0 Å². The highest BCUT2D eigenvalue weighted by molar-refractivity contribution is 6.68. The van der Waals surface area contributed by atoms with Crippen molar-refractivity contribution in [2.45, 2.75) is 49.7 Å². The van der Waals surface area contributed by atoms with Gasteiger partial charge in [-0.1, -0.05) is 53.0 Å². The van der Waals surface area contributed by atoms with Crippen LogP contribution in [0, 0.1) is 11.5 Å². The van der Waals surface area contributed by atoms with Crippen LogP contribution < -0.4 is 20.9 Å². The predicted octanol–water partition coefficient (Wildman–Crippen LogP) is 3.93. The van der Waals surface area contributed by atoms with E-state index in [1.165, 1.54) is 0 Å². The molecule has 0 spiro atoms. The van der Waals surface area contributed by atoms with Crippen LogP contribution in [0.15, 0.2) is 30.3 Å². The SMILES string of the molecule is CC(C)Nc1nc(NC(C)C)nc(N(C#N)[C@H](NC(=O)c2ccccc2)C(Cl)(Cl)Cl)n1. The normalized spacial score (nSPS) is 12.3. The Balaban J connectivity index is 2.47. The summed E-state index contributed by atoms with van der Waals surface area (Å²) in [6, 6.07) is 8.38. The molecule has 166 valence electrons. The standard InChI is InChI=1S/C19H23Cl3N8O/c1-11(2)24-16-27-17(25-12(3)4)29-18(28-16)30(10-23)15(19(20,21)22)26-14(31)13-8-6-5-7-9-13/h5-9,11-12,15H,1-4H3,(H,26,31)(H2,24,25,27,28,29)/t15-/m0/s1. The van der Waals surface area contributed by atoms with Gasteiger partial charge in [0.1, 0.15) is 0 Å². The molecule has 2 aromatic rings. The van der Waals surface area contributed by atoms with Crippen LogP contribution in [-0.2, 0) is 0 Å². The summed E-state index contributed by atoms with van der Waals surface area (Å²) in [5.74, 6) is -0.192. The van der Waals surface area contributed by atoms with Gasteiger partial charge in [0.25, 0.3) is 5.91 Å². The van der Waals surface area contributed by atoms with Gasteiger partial charge in [0, 0.05) is 17.6 Å². The smallest absolute Gasteiger partial charge is 0.253 e. The van der Waals surface area contributed by atoms with Crippen LogP contribution in [0.1, 0.15) is 38.1 Å². The lowest BCUT2D eigenvalue weighted by molar-refractivity contribution is 0.0938. The molecule has 31 heavy (non-hydrogen) atoms. The Labute approximate surface area is 196 Å². The Kier molecular flexibility index (Phi) is 8.51. The van der Waals surface area contributed by atoms with Crippen molar-refractivity contribution in [2.75, 3.05) is 15.5 Å². The first-order valence-corrected chi connectivity index (χ1v) is 10.6. The maximum Gasteiger partial charge on any atom is 0.253 e. The molecule has 0 aliphatic carbocycles. The van der Waals surface area contributed by atoms with Gasteiger partial charge in [0.15, 0.2) is 12.4 Å². The van der Waals surface area contributed by atoms with Crippen molar-refractivity contribution in [1.82, 2.24) is 20.3 Å². The lowest BCUT2D eigenvalue weighted by Gasteiger charge is -2.31. The molecule has 1 aromatic heterocycles. The molecule has 12 heteroatoms. The van der Waals surface area contributed by atoms with Gasteiger partial charge in [-0.25, -0.2) is 4.90 Å². The number of hydrogen-bond acceptors (Lipinski definition) is 8. The number of rotatable bonds is 8. The largest absolute Gasteiger partial charge is 0.352 e. The summed E-state index contributed by atoms with van der Waals surface area (Å²) >= 11 is 18.4. The third-order valence-corrected chi connectivity index (χ3v) is 4.27. The number of anilines is 3. The molecule has 9 nitrogen and oxygen atoms in total. The summed E-state index contributed by atoms with van der Waals surface area (Å²) in [7, 11) is 0. The van der Waals surface area contributed by atoms with Crippen molar-refractivity contribution < 1.29 is 4.79 Å². The zero-order chi connectivity index (χ0) is 23.2. The fraction of sp³-hybridized carbons (Fsp3) is 0.421. The summed E-state index contributed by atoms with van der Waals surface area (Å²) in [5.41, 5.74) is 0.333. The van der Waals surface area contributed by atoms with Gasteiger partial charge in [-0.3, -0.25) is 4.79 Å². The highest BCUT2D eigenvalue weighted by atomic mass is 35.6. The second-order valence-corrected chi connectivity index (χ2v) is 9.50. The molecule has 1 heterocycles. The van der Waals surface area contributed by atoms with Gasteiger partial charge in [0.2, 0.25) is 21.6 Å². The molecule has 0 unspecified atom stereocenters.